The zero-order chi connectivity index (χ0) is 14.2. The summed E-state index contributed by atoms with van der Waals surface area (Å²) in [6, 6.07) is 5.47. The van der Waals surface area contributed by atoms with Crippen molar-refractivity contribution in [2.45, 2.75) is 17.7 Å². The molecule has 0 saturated heterocycles. The average Bonchev–Trinajstić information content (AvgIpc) is 2.60. The Morgan fingerprint density at radius 1 is 1.42 bits per heavy atom. The first kappa shape index (κ1) is 14.8. The van der Waals surface area contributed by atoms with Gasteiger partial charge in [0.15, 0.2) is 0 Å². The molecule has 0 unspecified atom stereocenters. The summed E-state index contributed by atoms with van der Waals surface area (Å²) in [6.07, 6.45) is 0. The number of thioether (sulfide) groups is 1. The molecule has 0 bridgehead atoms. The molecule has 2 aromatic rings. The number of alkyl halides is 2. The monoisotopic (exact) mass is 366 g/mol. The van der Waals surface area contributed by atoms with E-state index in [0.29, 0.717) is 32.0 Å². The third-order valence-corrected chi connectivity index (χ3v) is 4.88. The molecule has 0 aliphatic heterocycles. The lowest BCUT2D eigenvalue weighted by atomic mass is 10.1. The molecule has 2 rings (SSSR count). The Morgan fingerprint density at radius 2 is 2.11 bits per heavy atom. The van der Waals surface area contributed by atoms with Crippen molar-refractivity contribution in [1.29, 1.82) is 0 Å². The highest BCUT2D eigenvalue weighted by molar-refractivity contribution is 9.10. The van der Waals surface area contributed by atoms with Gasteiger partial charge in [-0.2, -0.15) is 13.9 Å². The number of benzene rings is 1. The molecule has 1 aromatic carbocycles. The van der Waals surface area contributed by atoms with Gasteiger partial charge in [-0.3, -0.25) is 4.68 Å². The second-order valence-electron chi connectivity index (χ2n) is 3.93. The number of aryl methyl sites for hydroxylation is 2. The summed E-state index contributed by atoms with van der Waals surface area (Å²) in [7, 11) is 1.64. The van der Waals surface area contributed by atoms with Gasteiger partial charge in [0.25, 0.3) is 5.76 Å². The van der Waals surface area contributed by atoms with Crippen LogP contribution in [0.25, 0.3) is 11.3 Å². The highest BCUT2D eigenvalue weighted by Gasteiger charge is 2.19. The Kier molecular flexibility index (Phi) is 4.53. The second-order valence-corrected chi connectivity index (χ2v) is 6.11. The molecular weight excluding hydrogens is 358 g/mol. The summed E-state index contributed by atoms with van der Waals surface area (Å²) in [5, 5.41) is 5.34. The van der Waals surface area contributed by atoms with E-state index in [4.69, 9.17) is 11.6 Å². The Bertz CT molecular complexity index is 616. The SMILES string of the molecule is Cc1cc(-c2nn(C)c(SC(F)F)c2Br)ccc1Cl. The van der Waals surface area contributed by atoms with Crippen LogP contribution in [0.3, 0.4) is 0 Å². The molecule has 0 radical (unpaired) electrons. The van der Waals surface area contributed by atoms with Crippen LogP contribution < -0.4 is 0 Å². The van der Waals surface area contributed by atoms with Crippen molar-refractivity contribution < 1.29 is 8.78 Å². The minimum Gasteiger partial charge on any atom is -0.260 e. The van der Waals surface area contributed by atoms with Gasteiger partial charge in [-0.05, 0) is 52.3 Å². The predicted molar refractivity (Wildman–Crippen MR) is 78.0 cm³/mol. The zero-order valence-corrected chi connectivity index (χ0v) is 13.3. The minimum absolute atomic E-state index is 0.401. The molecule has 2 nitrogen and oxygen atoms in total. The van der Waals surface area contributed by atoms with Gasteiger partial charge in [-0.15, -0.1) is 0 Å². The van der Waals surface area contributed by atoms with Crippen molar-refractivity contribution in [2.24, 2.45) is 7.05 Å². The third-order valence-electron chi connectivity index (χ3n) is 2.57. The van der Waals surface area contributed by atoms with Crippen LogP contribution in [0, 0.1) is 6.92 Å². The summed E-state index contributed by atoms with van der Waals surface area (Å²) >= 11 is 9.78. The summed E-state index contributed by atoms with van der Waals surface area (Å²) in [6.45, 7) is 1.89. The van der Waals surface area contributed by atoms with Crippen molar-refractivity contribution >= 4 is 39.3 Å². The molecule has 7 heteroatoms. The molecule has 0 atom stereocenters. The molecule has 0 N–H and O–H groups in total. The first-order valence-electron chi connectivity index (χ1n) is 5.34. The molecule has 0 fully saturated rings. The molecular formula is C12H10BrClF2N2S. The standard InChI is InChI=1S/C12H10BrClF2N2S/c1-6-5-7(3-4-8(6)14)10-9(13)11(18(2)17-10)19-12(15)16/h3-5,12H,1-2H3. The quantitative estimate of drug-likeness (QED) is 0.700. The van der Waals surface area contributed by atoms with Gasteiger partial charge in [-0.25, -0.2) is 0 Å². The lowest BCUT2D eigenvalue weighted by Crippen LogP contribution is -1.94. The molecule has 1 heterocycles. The van der Waals surface area contributed by atoms with Gasteiger partial charge in [0.05, 0.1) is 4.47 Å². The molecule has 0 aliphatic carbocycles. The van der Waals surface area contributed by atoms with Crippen molar-refractivity contribution in [3.8, 4) is 11.3 Å². The van der Waals surface area contributed by atoms with Crippen molar-refractivity contribution in [1.82, 2.24) is 9.78 Å². The van der Waals surface area contributed by atoms with Gasteiger partial charge >= 0.3 is 0 Å². The molecule has 0 spiro atoms. The summed E-state index contributed by atoms with van der Waals surface area (Å²) in [5.74, 6) is -2.48. The van der Waals surface area contributed by atoms with Crippen LogP contribution in [-0.2, 0) is 7.05 Å². The highest BCUT2D eigenvalue weighted by Crippen LogP contribution is 2.38. The number of hydrogen-bond acceptors (Lipinski definition) is 2. The topological polar surface area (TPSA) is 17.8 Å². The number of rotatable bonds is 3. The summed E-state index contributed by atoms with van der Waals surface area (Å²) in [5.41, 5.74) is 2.38. The number of hydrogen-bond donors (Lipinski definition) is 0. The molecule has 0 aliphatic rings. The molecule has 102 valence electrons. The van der Waals surface area contributed by atoms with Gasteiger partial charge in [0, 0.05) is 17.6 Å². The van der Waals surface area contributed by atoms with Gasteiger partial charge < -0.3 is 0 Å². The van der Waals surface area contributed by atoms with E-state index in [-0.39, 0.29) is 0 Å². The van der Waals surface area contributed by atoms with E-state index in [0.717, 1.165) is 11.1 Å². The van der Waals surface area contributed by atoms with E-state index in [1.54, 1.807) is 13.1 Å². The van der Waals surface area contributed by atoms with E-state index in [1.807, 2.05) is 19.1 Å². The van der Waals surface area contributed by atoms with Crippen LogP contribution in [0.2, 0.25) is 5.02 Å². The molecule has 0 saturated carbocycles. The van der Waals surface area contributed by atoms with Crippen LogP contribution in [0.15, 0.2) is 27.7 Å². The van der Waals surface area contributed by atoms with Crippen LogP contribution in [0.5, 0.6) is 0 Å². The fourth-order valence-electron chi connectivity index (χ4n) is 1.67. The molecule has 1 aromatic heterocycles. The first-order chi connectivity index (χ1) is 8.90. The Labute approximate surface area is 127 Å². The first-order valence-corrected chi connectivity index (χ1v) is 7.39. The Hall–Kier alpha value is -0.590. The van der Waals surface area contributed by atoms with Crippen molar-refractivity contribution in [2.75, 3.05) is 0 Å². The van der Waals surface area contributed by atoms with Crippen molar-refractivity contribution in [3.63, 3.8) is 0 Å². The van der Waals surface area contributed by atoms with E-state index in [2.05, 4.69) is 21.0 Å². The summed E-state index contributed by atoms with van der Waals surface area (Å²) < 4.78 is 27.0. The highest BCUT2D eigenvalue weighted by atomic mass is 79.9. The van der Waals surface area contributed by atoms with E-state index in [1.165, 1.54) is 4.68 Å². The molecule has 19 heavy (non-hydrogen) atoms. The number of nitrogens with zero attached hydrogens (tertiary/aromatic N) is 2. The zero-order valence-electron chi connectivity index (χ0n) is 10.1. The van der Waals surface area contributed by atoms with Crippen LogP contribution in [-0.4, -0.2) is 15.5 Å². The van der Waals surface area contributed by atoms with Gasteiger partial charge in [-0.1, -0.05) is 17.7 Å². The van der Waals surface area contributed by atoms with E-state index >= 15 is 0 Å². The normalized spacial score (nSPS) is 11.3. The smallest absolute Gasteiger partial charge is 0.260 e. The fraction of sp³-hybridized carbons (Fsp3) is 0.250. The predicted octanol–water partition coefficient (Wildman–Crippen LogP) is 5.13. The third kappa shape index (κ3) is 3.12. The van der Waals surface area contributed by atoms with Gasteiger partial charge in [0.2, 0.25) is 0 Å². The maximum absolute atomic E-state index is 12.5. The van der Waals surface area contributed by atoms with E-state index < -0.39 is 5.76 Å². The molecule has 0 amide bonds. The fourth-order valence-corrected chi connectivity index (χ4v) is 3.20. The lowest BCUT2D eigenvalue weighted by molar-refractivity contribution is 0.251. The van der Waals surface area contributed by atoms with Gasteiger partial charge in [0.1, 0.15) is 10.7 Å². The Morgan fingerprint density at radius 3 is 2.68 bits per heavy atom. The average molecular weight is 368 g/mol. The minimum atomic E-state index is -2.48. The second kappa shape index (κ2) is 5.81. The van der Waals surface area contributed by atoms with Crippen molar-refractivity contribution in [3.05, 3.63) is 33.3 Å². The maximum Gasteiger partial charge on any atom is 0.290 e. The number of halogens is 4. The largest absolute Gasteiger partial charge is 0.290 e. The summed E-state index contributed by atoms with van der Waals surface area (Å²) in [4.78, 5) is 0. The Balaban J connectivity index is 2.48. The van der Waals surface area contributed by atoms with Crippen LogP contribution in [0.1, 0.15) is 5.56 Å². The van der Waals surface area contributed by atoms with Crippen LogP contribution >= 0.6 is 39.3 Å². The van der Waals surface area contributed by atoms with E-state index in [9.17, 15) is 8.78 Å². The maximum atomic E-state index is 12.5. The number of aromatic nitrogens is 2. The van der Waals surface area contributed by atoms with Crippen LogP contribution in [0.4, 0.5) is 8.78 Å². The lowest BCUT2D eigenvalue weighted by Gasteiger charge is -2.02.